The first-order chi connectivity index (χ1) is 8.70. The second kappa shape index (κ2) is 6.19. The van der Waals surface area contributed by atoms with E-state index in [0.29, 0.717) is 6.42 Å². The first-order valence-corrected chi connectivity index (χ1v) is 7.04. The van der Waals surface area contributed by atoms with Gasteiger partial charge in [0.1, 0.15) is 5.75 Å². The smallest absolute Gasteiger partial charge is 0.162 e. The minimum absolute atomic E-state index is 0.256. The standard InChI is InChI=1S/C15H17BrO2/c1-18-15-8-7-11(9-13(15)16)10-14(17)12-5-3-2-4-6-12/h5,7-9H,2-4,6,10H2,1H3. The maximum Gasteiger partial charge on any atom is 0.162 e. The summed E-state index contributed by atoms with van der Waals surface area (Å²) in [6, 6.07) is 5.80. The average Bonchev–Trinajstić information content (AvgIpc) is 2.40. The number of hydrogen-bond donors (Lipinski definition) is 0. The lowest BCUT2D eigenvalue weighted by molar-refractivity contribution is -0.115. The van der Waals surface area contributed by atoms with E-state index in [2.05, 4.69) is 22.0 Å². The fourth-order valence-corrected chi connectivity index (χ4v) is 2.80. The van der Waals surface area contributed by atoms with Gasteiger partial charge in [-0.3, -0.25) is 4.79 Å². The molecule has 0 aliphatic heterocycles. The zero-order valence-corrected chi connectivity index (χ0v) is 12.1. The molecule has 0 atom stereocenters. The molecule has 0 unspecified atom stereocenters. The number of halogens is 1. The molecule has 0 bridgehead atoms. The van der Waals surface area contributed by atoms with Crippen molar-refractivity contribution < 1.29 is 9.53 Å². The van der Waals surface area contributed by atoms with Gasteiger partial charge in [-0.25, -0.2) is 0 Å². The van der Waals surface area contributed by atoms with Crippen LogP contribution in [0.15, 0.2) is 34.3 Å². The van der Waals surface area contributed by atoms with Crippen LogP contribution in [0.25, 0.3) is 0 Å². The number of ether oxygens (including phenoxy) is 1. The Morgan fingerprint density at radius 1 is 1.39 bits per heavy atom. The molecule has 0 saturated heterocycles. The quantitative estimate of drug-likeness (QED) is 0.838. The summed E-state index contributed by atoms with van der Waals surface area (Å²) in [5, 5.41) is 0. The van der Waals surface area contributed by atoms with Crippen molar-refractivity contribution in [3.05, 3.63) is 39.9 Å². The van der Waals surface area contributed by atoms with E-state index < -0.39 is 0 Å². The summed E-state index contributed by atoms with van der Waals surface area (Å²) >= 11 is 3.44. The monoisotopic (exact) mass is 308 g/mol. The fraction of sp³-hybridized carbons (Fsp3) is 0.400. The van der Waals surface area contributed by atoms with Gasteiger partial charge in [-0.15, -0.1) is 0 Å². The minimum atomic E-state index is 0.256. The molecule has 0 radical (unpaired) electrons. The first-order valence-electron chi connectivity index (χ1n) is 6.25. The molecular formula is C15H17BrO2. The summed E-state index contributed by atoms with van der Waals surface area (Å²) in [4.78, 5) is 12.1. The molecule has 2 rings (SSSR count). The van der Waals surface area contributed by atoms with Crippen molar-refractivity contribution in [2.24, 2.45) is 0 Å². The molecule has 0 saturated carbocycles. The van der Waals surface area contributed by atoms with Crippen LogP contribution < -0.4 is 4.74 Å². The first kappa shape index (κ1) is 13.3. The summed E-state index contributed by atoms with van der Waals surface area (Å²) in [6.45, 7) is 0. The molecule has 18 heavy (non-hydrogen) atoms. The van der Waals surface area contributed by atoms with Gasteiger partial charge >= 0.3 is 0 Å². The topological polar surface area (TPSA) is 26.3 Å². The lowest BCUT2D eigenvalue weighted by Crippen LogP contribution is -2.09. The van der Waals surface area contributed by atoms with Gasteiger partial charge in [-0.05, 0) is 64.9 Å². The third-order valence-corrected chi connectivity index (χ3v) is 3.85. The zero-order chi connectivity index (χ0) is 13.0. The predicted octanol–water partition coefficient (Wildman–Crippen LogP) is 4.07. The van der Waals surface area contributed by atoms with Gasteiger partial charge in [0, 0.05) is 6.42 Å². The van der Waals surface area contributed by atoms with Crippen LogP contribution in [-0.2, 0) is 11.2 Å². The molecule has 1 aromatic carbocycles. The van der Waals surface area contributed by atoms with Gasteiger partial charge in [0.15, 0.2) is 5.78 Å². The maximum atomic E-state index is 12.1. The van der Waals surface area contributed by atoms with E-state index in [1.54, 1.807) is 7.11 Å². The van der Waals surface area contributed by atoms with Gasteiger partial charge in [-0.2, -0.15) is 0 Å². The van der Waals surface area contributed by atoms with Crippen LogP contribution in [0, 0.1) is 0 Å². The van der Waals surface area contributed by atoms with Crippen LogP contribution in [-0.4, -0.2) is 12.9 Å². The number of carbonyl (C=O) groups is 1. The van der Waals surface area contributed by atoms with Crippen molar-refractivity contribution in [3.63, 3.8) is 0 Å². The number of methoxy groups -OCH3 is 1. The molecule has 1 aromatic rings. The maximum absolute atomic E-state index is 12.1. The highest BCUT2D eigenvalue weighted by Gasteiger charge is 2.13. The predicted molar refractivity (Wildman–Crippen MR) is 76.0 cm³/mol. The molecule has 0 spiro atoms. The average molecular weight is 309 g/mol. The third kappa shape index (κ3) is 3.22. The second-order valence-electron chi connectivity index (χ2n) is 4.54. The number of ketones is 1. The number of hydrogen-bond acceptors (Lipinski definition) is 2. The molecule has 0 amide bonds. The van der Waals surface area contributed by atoms with Crippen LogP contribution in [0.2, 0.25) is 0 Å². The Balaban J connectivity index is 2.07. The molecule has 0 N–H and O–H groups in total. The molecule has 3 heteroatoms. The van der Waals surface area contributed by atoms with Gasteiger partial charge < -0.3 is 4.74 Å². The van der Waals surface area contributed by atoms with E-state index in [1.165, 1.54) is 6.42 Å². The summed E-state index contributed by atoms with van der Waals surface area (Å²) in [6.07, 6.45) is 6.93. The number of Topliss-reactive ketones (excluding diaryl/α,β-unsaturated/α-hetero) is 1. The van der Waals surface area contributed by atoms with E-state index >= 15 is 0 Å². The van der Waals surface area contributed by atoms with Crippen molar-refractivity contribution >= 4 is 21.7 Å². The van der Waals surface area contributed by atoms with Gasteiger partial charge in [0.25, 0.3) is 0 Å². The van der Waals surface area contributed by atoms with Gasteiger partial charge in [0.2, 0.25) is 0 Å². The highest BCUT2D eigenvalue weighted by atomic mass is 79.9. The van der Waals surface area contributed by atoms with Crippen molar-refractivity contribution in [1.29, 1.82) is 0 Å². The van der Waals surface area contributed by atoms with E-state index in [9.17, 15) is 4.79 Å². The zero-order valence-electron chi connectivity index (χ0n) is 10.5. The van der Waals surface area contributed by atoms with Crippen LogP contribution >= 0.6 is 15.9 Å². The number of benzene rings is 1. The summed E-state index contributed by atoms with van der Waals surface area (Å²) < 4.78 is 6.07. The Labute approximate surface area is 116 Å². The molecular weight excluding hydrogens is 292 g/mol. The van der Waals surface area contributed by atoms with Gasteiger partial charge in [-0.1, -0.05) is 12.1 Å². The van der Waals surface area contributed by atoms with E-state index in [1.807, 2.05) is 18.2 Å². The number of rotatable bonds is 4. The van der Waals surface area contributed by atoms with E-state index in [0.717, 1.165) is 40.6 Å². The van der Waals surface area contributed by atoms with Crippen molar-refractivity contribution in [3.8, 4) is 5.75 Å². The Morgan fingerprint density at radius 2 is 2.22 bits per heavy atom. The molecule has 96 valence electrons. The Kier molecular flexibility index (Phi) is 4.59. The van der Waals surface area contributed by atoms with Crippen molar-refractivity contribution in [1.82, 2.24) is 0 Å². The molecule has 0 heterocycles. The molecule has 0 fully saturated rings. The fourth-order valence-electron chi connectivity index (χ4n) is 2.21. The summed E-state index contributed by atoms with van der Waals surface area (Å²) in [5.74, 6) is 1.05. The molecule has 0 aromatic heterocycles. The highest BCUT2D eigenvalue weighted by molar-refractivity contribution is 9.10. The number of allylic oxidation sites excluding steroid dienone is 2. The second-order valence-corrected chi connectivity index (χ2v) is 5.40. The highest BCUT2D eigenvalue weighted by Crippen LogP contribution is 2.26. The Morgan fingerprint density at radius 3 is 2.83 bits per heavy atom. The largest absolute Gasteiger partial charge is 0.496 e. The van der Waals surface area contributed by atoms with E-state index in [-0.39, 0.29) is 5.78 Å². The molecule has 2 nitrogen and oxygen atoms in total. The molecule has 1 aliphatic rings. The van der Waals surface area contributed by atoms with Crippen LogP contribution in [0.1, 0.15) is 31.2 Å². The van der Waals surface area contributed by atoms with Crippen LogP contribution in [0.4, 0.5) is 0 Å². The minimum Gasteiger partial charge on any atom is -0.496 e. The summed E-state index contributed by atoms with van der Waals surface area (Å²) in [7, 11) is 1.64. The lowest BCUT2D eigenvalue weighted by Gasteiger charge is -2.12. The van der Waals surface area contributed by atoms with E-state index in [4.69, 9.17) is 4.74 Å². The third-order valence-electron chi connectivity index (χ3n) is 3.23. The lowest BCUT2D eigenvalue weighted by atomic mass is 9.93. The number of carbonyl (C=O) groups excluding carboxylic acids is 1. The summed E-state index contributed by atoms with van der Waals surface area (Å²) in [5.41, 5.74) is 2.03. The van der Waals surface area contributed by atoms with Crippen molar-refractivity contribution in [2.45, 2.75) is 32.1 Å². The SMILES string of the molecule is COc1ccc(CC(=O)C2=CCCCC2)cc1Br. The van der Waals surface area contributed by atoms with Crippen LogP contribution in [0.3, 0.4) is 0 Å². The Hall–Kier alpha value is -1.09. The normalized spacial score (nSPS) is 15.1. The Bertz CT molecular complexity index is 477. The van der Waals surface area contributed by atoms with Crippen molar-refractivity contribution in [2.75, 3.05) is 7.11 Å². The van der Waals surface area contributed by atoms with Gasteiger partial charge in [0.05, 0.1) is 11.6 Å². The molecule has 1 aliphatic carbocycles. The van der Waals surface area contributed by atoms with Crippen LogP contribution in [0.5, 0.6) is 5.75 Å².